The number of oxazole rings is 1. The van der Waals surface area contributed by atoms with Gasteiger partial charge in [-0.2, -0.15) is 0 Å². The maximum atomic E-state index is 11.5. The topological polar surface area (TPSA) is 73.1 Å². The molecule has 0 amide bonds. The molecule has 0 aliphatic heterocycles. The van der Waals surface area contributed by atoms with Gasteiger partial charge in [-0.3, -0.25) is 4.98 Å². The summed E-state index contributed by atoms with van der Waals surface area (Å²) in [6, 6.07) is 12.1. The summed E-state index contributed by atoms with van der Waals surface area (Å²) < 4.78 is 29.3. The Labute approximate surface area is 141 Å². The van der Waals surface area contributed by atoms with Crippen LogP contribution >= 0.6 is 22.6 Å². The van der Waals surface area contributed by atoms with Crippen LogP contribution in [0.2, 0.25) is 0 Å². The first-order chi connectivity index (χ1) is 10.4. The smallest absolute Gasteiger partial charge is 0.246 e. The van der Waals surface area contributed by atoms with Gasteiger partial charge in [0.15, 0.2) is 13.6 Å². The average Bonchev–Trinajstić information content (AvgIpc) is 2.89. The molecule has 0 bridgehead atoms. The minimum absolute atomic E-state index is 0.278. The first-order valence-corrected chi connectivity index (χ1v) is 9.30. The first-order valence-electron chi connectivity index (χ1n) is 6.33. The van der Waals surface area contributed by atoms with Crippen LogP contribution in [0.5, 0.6) is 0 Å². The maximum Gasteiger partial charge on any atom is 0.246 e. The quantitative estimate of drug-likeness (QED) is 0.601. The Kier molecular flexibility index (Phi) is 4.00. The fraction of sp³-hybridized carbons (Fsp3) is 0.0667. The summed E-state index contributed by atoms with van der Waals surface area (Å²) in [6.45, 7) is 0. The van der Waals surface area contributed by atoms with Gasteiger partial charge in [-0.1, -0.05) is 18.2 Å². The van der Waals surface area contributed by atoms with Gasteiger partial charge in [-0.15, -0.1) is 0 Å². The van der Waals surface area contributed by atoms with Crippen LogP contribution in [0.1, 0.15) is 0 Å². The summed E-state index contributed by atoms with van der Waals surface area (Å²) >= 11 is 2.06. The van der Waals surface area contributed by atoms with Crippen LogP contribution in [0.15, 0.2) is 58.0 Å². The van der Waals surface area contributed by atoms with Gasteiger partial charge in [0.25, 0.3) is 0 Å². The largest absolute Gasteiger partial charge is 0.428 e. The number of rotatable bonds is 3. The Bertz CT molecular complexity index is 904. The highest BCUT2D eigenvalue weighted by Gasteiger charge is 2.15. The second-order valence-electron chi connectivity index (χ2n) is 4.65. The molecule has 0 aliphatic rings. The molecule has 0 saturated heterocycles. The van der Waals surface area contributed by atoms with E-state index in [9.17, 15) is 8.42 Å². The zero-order valence-electron chi connectivity index (χ0n) is 11.5. The van der Waals surface area contributed by atoms with Crippen molar-refractivity contribution in [2.45, 2.75) is 4.90 Å². The predicted molar refractivity (Wildman–Crippen MR) is 91.0 cm³/mol. The average molecular weight is 426 g/mol. The lowest BCUT2D eigenvalue weighted by Gasteiger charge is -2.00. The van der Waals surface area contributed by atoms with Crippen molar-refractivity contribution in [1.82, 2.24) is 9.97 Å². The van der Waals surface area contributed by atoms with Crippen LogP contribution in [0, 0.1) is 3.77 Å². The summed E-state index contributed by atoms with van der Waals surface area (Å²) in [5.41, 5.74) is 2.11. The van der Waals surface area contributed by atoms with E-state index in [4.69, 9.17) is 4.42 Å². The van der Waals surface area contributed by atoms with Crippen molar-refractivity contribution in [3.63, 3.8) is 0 Å². The van der Waals surface area contributed by atoms with E-state index < -0.39 is 9.84 Å². The highest BCUT2D eigenvalue weighted by atomic mass is 127. The molecular weight excluding hydrogens is 415 g/mol. The lowest BCUT2D eigenvalue weighted by molar-refractivity contribution is 0.545. The fourth-order valence-electron chi connectivity index (χ4n) is 1.94. The summed E-state index contributed by atoms with van der Waals surface area (Å²) in [4.78, 5) is 8.94. The van der Waals surface area contributed by atoms with Crippen molar-refractivity contribution in [2.24, 2.45) is 0 Å². The van der Waals surface area contributed by atoms with E-state index in [0.717, 1.165) is 5.56 Å². The molecule has 5 nitrogen and oxygen atoms in total. The van der Waals surface area contributed by atoms with Crippen molar-refractivity contribution < 1.29 is 12.8 Å². The molecule has 2 aromatic heterocycles. The molecule has 3 rings (SSSR count). The predicted octanol–water partition coefficient (Wildman–Crippen LogP) is 3.41. The van der Waals surface area contributed by atoms with Gasteiger partial charge in [0, 0.05) is 40.6 Å². The number of hydrogen-bond acceptors (Lipinski definition) is 5. The van der Waals surface area contributed by atoms with Gasteiger partial charge in [0.05, 0.1) is 4.90 Å². The zero-order chi connectivity index (χ0) is 15.7. The maximum absolute atomic E-state index is 11.5. The molecular formula is C15H11IN2O3S. The lowest BCUT2D eigenvalue weighted by atomic mass is 10.2. The minimum Gasteiger partial charge on any atom is -0.428 e. The minimum atomic E-state index is -3.21. The molecule has 0 radical (unpaired) electrons. The van der Waals surface area contributed by atoms with Gasteiger partial charge in [-0.25, -0.2) is 13.4 Å². The Morgan fingerprint density at radius 1 is 1.09 bits per heavy atom. The monoisotopic (exact) mass is 426 g/mol. The Morgan fingerprint density at radius 2 is 1.82 bits per heavy atom. The molecule has 0 N–H and O–H groups in total. The van der Waals surface area contributed by atoms with E-state index in [2.05, 4.69) is 32.6 Å². The molecule has 0 aliphatic carbocycles. The van der Waals surface area contributed by atoms with Crippen LogP contribution < -0.4 is 0 Å². The normalized spacial score (nSPS) is 11.5. The highest BCUT2D eigenvalue weighted by molar-refractivity contribution is 14.1. The molecule has 3 aromatic rings. The third kappa shape index (κ3) is 3.05. The number of halogens is 1. The molecule has 1 aromatic carbocycles. The molecule has 0 saturated carbocycles. The number of hydrogen-bond donors (Lipinski definition) is 0. The van der Waals surface area contributed by atoms with Gasteiger partial charge < -0.3 is 4.42 Å². The molecule has 22 heavy (non-hydrogen) atoms. The first kappa shape index (κ1) is 15.2. The summed E-state index contributed by atoms with van der Waals surface area (Å²) in [5, 5.41) is 0. The molecule has 112 valence electrons. The van der Waals surface area contributed by atoms with Gasteiger partial charge in [0.2, 0.25) is 5.89 Å². The van der Waals surface area contributed by atoms with Crippen LogP contribution in [0.3, 0.4) is 0 Å². The molecule has 0 spiro atoms. The number of benzene rings is 1. The van der Waals surface area contributed by atoms with Crippen molar-refractivity contribution >= 4 is 32.4 Å². The van der Waals surface area contributed by atoms with E-state index in [1.165, 1.54) is 6.26 Å². The van der Waals surface area contributed by atoms with E-state index in [1.807, 2.05) is 18.2 Å². The standard InChI is InChI=1S/C15H11IN2O3S/c1-22(19,20)11-7-5-10(6-8-11)13-14(16)21-15(18-13)12-4-2-3-9-17-12/h2-9H,1H3. The van der Waals surface area contributed by atoms with E-state index in [0.29, 0.717) is 21.0 Å². The Hall–Kier alpha value is -1.74. The van der Waals surface area contributed by atoms with Crippen molar-refractivity contribution in [3.8, 4) is 22.8 Å². The third-order valence-corrected chi connectivity index (χ3v) is 4.89. The van der Waals surface area contributed by atoms with Crippen molar-refractivity contribution in [3.05, 3.63) is 52.4 Å². The van der Waals surface area contributed by atoms with Gasteiger partial charge in [-0.05, 0) is 24.3 Å². The highest BCUT2D eigenvalue weighted by Crippen LogP contribution is 2.29. The van der Waals surface area contributed by atoms with Crippen molar-refractivity contribution in [1.29, 1.82) is 0 Å². The molecule has 7 heteroatoms. The van der Waals surface area contributed by atoms with E-state index in [-0.39, 0.29) is 4.90 Å². The second-order valence-corrected chi connectivity index (χ2v) is 7.65. The van der Waals surface area contributed by atoms with Crippen LogP contribution in [0.25, 0.3) is 22.8 Å². The molecule has 0 fully saturated rings. The molecule has 2 heterocycles. The molecule has 0 unspecified atom stereocenters. The van der Waals surface area contributed by atoms with Gasteiger partial charge in [0.1, 0.15) is 11.4 Å². The number of aromatic nitrogens is 2. The number of pyridine rings is 1. The third-order valence-electron chi connectivity index (χ3n) is 3.03. The summed E-state index contributed by atoms with van der Waals surface area (Å²) in [6.07, 6.45) is 2.86. The zero-order valence-corrected chi connectivity index (χ0v) is 14.5. The van der Waals surface area contributed by atoms with E-state index in [1.54, 1.807) is 30.5 Å². The van der Waals surface area contributed by atoms with Gasteiger partial charge >= 0.3 is 0 Å². The SMILES string of the molecule is CS(=O)(=O)c1ccc(-c2nc(-c3ccccn3)oc2I)cc1. The summed E-state index contributed by atoms with van der Waals surface area (Å²) in [7, 11) is -3.21. The number of sulfone groups is 1. The summed E-state index contributed by atoms with van der Waals surface area (Å²) in [5.74, 6) is 0.437. The van der Waals surface area contributed by atoms with Crippen LogP contribution in [0.4, 0.5) is 0 Å². The Morgan fingerprint density at radius 3 is 2.41 bits per heavy atom. The van der Waals surface area contributed by atoms with E-state index >= 15 is 0 Å². The van der Waals surface area contributed by atoms with Crippen LogP contribution in [-0.2, 0) is 9.84 Å². The fourth-order valence-corrected chi connectivity index (χ4v) is 3.21. The Balaban J connectivity index is 2.01. The van der Waals surface area contributed by atoms with Crippen LogP contribution in [-0.4, -0.2) is 24.6 Å². The van der Waals surface area contributed by atoms with Crippen molar-refractivity contribution in [2.75, 3.05) is 6.26 Å². The second kappa shape index (κ2) is 5.81. The molecule has 0 atom stereocenters. The number of nitrogens with zero attached hydrogens (tertiary/aromatic N) is 2. The lowest BCUT2D eigenvalue weighted by Crippen LogP contribution is -1.96.